The Kier molecular flexibility index (Phi) is 8.76. The highest BCUT2D eigenvalue weighted by Crippen LogP contribution is 2.28. The van der Waals surface area contributed by atoms with Crippen LogP contribution in [0.3, 0.4) is 0 Å². The fourth-order valence-electron chi connectivity index (χ4n) is 5.35. The molecule has 0 unspecified atom stereocenters. The summed E-state index contributed by atoms with van der Waals surface area (Å²) in [4.78, 5) is 38.2. The van der Waals surface area contributed by atoms with Crippen molar-refractivity contribution in [2.24, 2.45) is 11.8 Å². The van der Waals surface area contributed by atoms with E-state index in [4.69, 9.17) is 4.98 Å². The lowest BCUT2D eigenvalue weighted by Crippen LogP contribution is -2.39. The average molecular weight is 561 g/mol. The maximum absolute atomic E-state index is 13.5. The number of piperidine rings is 1. The number of anilines is 1. The zero-order valence-corrected chi connectivity index (χ0v) is 23.7. The van der Waals surface area contributed by atoms with Crippen LogP contribution in [0, 0.1) is 11.8 Å². The molecule has 1 aliphatic rings. The van der Waals surface area contributed by atoms with Gasteiger partial charge < -0.3 is 20.6 Å². The van der Waals surface area contributed by atoms with E-state index in [-0.39, 0.29) is 24.5 Å². The smallest absolute Gasteiger partial charge is 0.270 e. The van der Waals surface area contributed by atoms with E-state index in [9.17, 15) is 14.7 Å². The van der Waals surface area contributed by atoms with E-state index < -0.39 is 0 Å². The number of nitrogens with zero attached hydrogens (tertiary/aromatic N) is 4. The molecule has 2 amide bonds. The first-order chi connectivity index (χ1) is 19.4. The van der Waals surface area contributed by atoms with Gasteiger partial charge in [-0.2, -0.15) is 11.3 Å². The van der Waals surface area contributed by atoms with Gasteiger partial charge >= 0.3 is 0 Å². The van der Waals surface area contributed by atoms with Crippen LogP contribution in [0.25, 0.3) is 16.9 Å². The molecule has 0 aliphatic carbocycles. The molecule has 0 bridgehead atoms. The Hall–Kier alpha value is -3.76. The normalized spacial score (nSPS) is 14.9. The van der Waals surface area contributed by atoms with E-state index in [0.29, 0.717) is 47.4 Å². The SMILES string of the molecule is CC(C)C[C@@H](CO)NC(=O)c1c(-c2ccsc2)nc2c(C(=O)NCC3CCN(c4ccncc4)CC3)cccn12. The van der Waals surface area contributed by atoms with Crippen LogP contribution in [-0.4, -0.2) is 63.6 Å². The Bertz CT molecular complexity index is 1430. The van der Waals surface area contributed by atoms with Crippen molar-refractivity contribution in [2.75, 3.05) is 31.1 Å². The lowest BCUT2D eigenvalue weighted by atomic mass is 9.96. The fourth-order valence-corrected chi connectivity index (χ4v) is 5.99. The molecule has 1 saturated heterocycles. The predicted molar refractivity (Wildman–Crippen MR) is 158 cm³/mol. The van der Waals surface area contributed by atoms with Crippen LogP contribution in [0.5, 0.6) is 0 Å². The molecule has 1 atom stereocenters. The van der Waals surface area contributed by atoms with Crippen molar-refractivity contribution >= 4 is 34.5 Å². The third-order valence-corrected chi connectivity index (χ3v) is 8.09. The summed E-state index contributed by atoms with van der Waals surface area (Å²) in [6.07, 6.45) is 8.02. The minimum atomic E-state index is -0.371. The van der Waals surface area contributed by atoms with E-state index in [1.807, 2.05) is 41.4 Å². The molecule has 5 heterocycles. The number of nitrogens with one attached hydrogen (secondary N) is 2. The number of aliphatic hydroxyl groups excluding tert-OH is 1. The third-order valence-electron chi connectivity index (χ3n) is 7.41. The summed E-state index contributed by atoms with van der Waals surface area (Å²) in [5, 5.41) is 19.8. The van der Waals surface area contributed by atoms with Gasteiger partial charge in [0.15, 0.2) is 5.65 Å². The molecule has 9 nitrogen and oxygen atoms in total. The van der Waals surface area contributed by atoms with Crippen LogP contribution in [0.2, 0.25) is 0 Å². The number of pyridine rings is 2. The summed E-state index contributed by atoms with van der Waals surface area (Å²) in [6.45, 7) is 6.42. The molecule has 5 rings (SSSR count). The van der Waals surface area contributed by atoms with Crippen molar-refractivity contribution in [3.63, 3.8) is 0 Å². The first-order valence-electron chi connectivity index (χ1n) is 13.8. The molecule has 1 aliphatic heterocycles. The second kappa shape index (κ2) is 12.6. The van der Waals surface area contributed by atoms with E-state index in [1.165, 1.54) is 17.0 Å². The fraction of sp³-hybridized carbons (Fsp3) is 0.400. The van der Waals surface area contributed by atoms with Crippen molar-refractivity contribution in [1.29, 1.82) is 0 Å². The maximum Gasteiger partial charge on any atom is 0.270 e. The number of carbonyl (C=O) groups is 2. The van der Waals surface area contributed by atoms with E-state index in [1.54, 1.807) is 22.7 Å². The zero-order chi connectivity index (χ0) is 28.1. The minimum absolute atomic E-state index is 0.149. The monoisotopic (exact) mass is 560 g/mol. The molecule has 4 aromatic heterocycles. The molecule has 4 aromatic rings. The van der Waals surface area contributed by atoms with Gasteiger partial charge in [0.05, 0.1) is 18.2 Å². The summed E-state index contributed by atoms with van der Waals surface area (Å²) in [5.74, 6) is 0.172. The van der Waals surface area contributed by atoms with Crippen molar-refractivity contribution < 1.29 is 14.7 Å². The van der Waals surface area contributed by atoms with Gasteiger partial charge in [0.25, 0.3) is 11.8 Å². The highest BCUT2D eigenvalue weighted by Gasteiger charge is 2.26. The molecule has 10 heteroatoms. The van der Waals surface area contributed by atoms with Gasteiger partial charge in [-0.25, -0.2) is 4.98 Å². The van der Waals surface area contributed by atoms with Gasteiger partial charge in [-0.05, 0) is 66.8 Å². The zero-order valence-electron chi connectivity index (χ0n) is 22.9. The van der Waals surface area contributed by atoms with Crippen LogP contribution in [0.1, 0.15) is 54.0 Å². The maximum atomic E-state index is 13.5. The summed E-state index contributed by atoms with van der Waals surface area (Å²) in [6, 6.07) is 9.12. The number of aliphatic hydroxyl groups is 1. The molecule has 0 radical (unpaired) electrons. The lowest BCUT2D eigenvalue weighted by molar-refractivity contribution is 0.0901. The van der Waals surface area contributed by atoms with Crippen molar-refractivity contribution in [3.8, 4) is 11.3 Å². The minimum Gasteiger partial charge on any atom is -0.394 e. The van der Waals surface area contributed by atoms with Gasteiger partial charge in [0, 0.05) is 54.9 Å². The molecular formula is C30H36N6O3S. The number of fused-ring (bicyclic) bond motifs is 1. The highest BCUT2D eigenvalue weighted by atomic mass is 32.1. The van der Waals surface area contributed by atoms with Gasteiger partial charge in [-0.1, -0.05) is 13.8 Å². The molecule has 3 N–H and O–H groups in total. The number of hydrogen-bond acceptors (Lipinski definition) is 7. The Labute approximate surface area is 238 Å². The Morgan fingerprint density at radius 1 is 1.12 bits per heavy atom. The molecule has 0 spiro atoms. The Morgan fingerprint density at radius 3 is 2.58 bits per heavy atom. The van der Waals surface area contributed by atoms with Gasteiger partial charge in [-0.3, -0.25) is 19.0 Å². The number of amides is 2. The largest absolute Gasteiger partial charge is 0.394 e. The molecule has 210 valence electrons. The first kappa shape index (κ1) is 27.8. The Morgan fingerprint density at radius 2 is 1.90 bits per heavy atom. The molecule has 40 heavy (non-hydrogen) atoms. The van der Waals surface area contributed by atoms with Crippen LogP contribution in [-0.2, 0) is 0 Å². The molecular weight excluding hydrogens is 524 g/mol. The number of imidazole rings is 1. The first-order valence-corrected chi connectivity index (χ1v) is 14.8. The van der Waals surface area contributed by atoms with E-state index >= 15 is 0 Å². The quantitative estimate of drug-likeness (QED) is 0.268. The molecule has 0 saturated carbocycles. The third kappa shape index (κ3) is 6.18. The molecule has 0 aromatic carbocycles. The van der Waals surface area contributed by atoms with Gasteiger partial charge in [-0.15, -0.1) is 0 Å². The summed E-state index contributed by atoms with van der Waals surface area (Å²) in [5.41, 5.74) is 3.73. The van der Waals surface area contributed by atoms with Crippen LogP contribution in [0.15, 0.2) is 59.7 Å². The van der Waals surface area contributed by atoms with Crippen molar-refractivity contribution in [3.05, 3.63) is 70.9 Å². The highest BCUT2D eigenvalue weighted by molar-refractivity contribution is 7.08. The summed E-state index contributed by atoms with van der Waals surface area (Å²) in [7, 11) is 0. The second-order valence-electron chi connectivity index (χ2n) is 10.8. The van der Waals surface area contributed by atoms with Crippen molar-refractivity contribution in [2.45, 2.75) is 39.2 Å². The lowest BCUT2D eigenvalue weighted by Gasteiger charge is -2.33. The predicted octanol–water partition coefficient (Wildman–Crippen LogP) is 4.24. The topological polar surface area (TPSA) is 112 Å². The summed E-state index contributed by atoms with van der Waals surface area (Å²) < 4.78 is 1.69. The van der Waals surface area contributed by atoms with Gasteiger partial charge in [0.1, 0.15) is 11.4 Å². The number of carbonyl (C=O) groups excluding carboxylic acids is 2. The number of hydrogen-bond donors (Lipinski definition) is 3. The van der Waals surface area contributed by atoms with Crippen LogP contribution in [0.4, 0.5) is 5.69 Å². The van der Waals surface area contributed by atoms with E-state index in [0.717, 1.165) is 31.5 Å². The number of thiophene rings is 1. The standard InChI is InChI=1S/C30H36N6O3S/c1-20(2)16-23(18-37)33-30(39)27-26(22-9-15-40-19-22)34-28-25(4-3-12-36(27)28)29(38)32-17-21-7-13-35(14-8-21)24-5-10-31-11-6-24/h3-6,9-12,15,19-21,23,37H,7-8,13-14,16-18H2,1-2H3,(H,32,38)(H,33,39)/t23-/m0/s1. The molecule has 1 fully saturated rings. The second-order valence-corrected chi connectivity index (χ2v) is 11.5. The van der Waals surface area contributed by atoms with E-state index in [2.05, 4.69) is 34.4 Å². The average Bonchev–Trinajstić information content (AvgIpc) is 3.64. The van der Waals surface area contributed by atoms with Gasteiger partial charge in [0.2, 0.25) is 0 Å². The van der Waals surface area contributed by atoms with Crippen molar-refractivity contribution in [1.82, 2.24) is 25.0 Å². The summed E-state index contributed by atoms with van der Waals surface area (Å²) >= 11 is 1.52. The number of aromatic nitrogens is 3. The Balaban J connectivity index is 1.34. The number of rotatable bonds is 10. The van der Waals surface area contributed by atoms with Crippen LogP contribution >= 0.6 is 11.3 Å². The van der Waals surface area contributed by atoms with Crippen LogP contribution < -0.4 is 15.5 Å².